The Labute approximate surface area is 173 Å². The number of nitrogens with one attached hydrogen (secondary N) is 2. The number of hydrazone groups is 1. The van der Waals surface area contributed by atoms with Crippen LogP contribution >= 0.6 is 0 Å². The van der Waals surface area contributed by atoms with E-state index < -0.39 is 0 Å². The average Bonchev–Trinajstić information content (AvgIpc) is 2.77. The lowest BCUT2D eigenvalue weighted by molar-refractivity contribution is 0.122. The highest BCUT2D eigenvalue weighted by atomic mass is 19.1. The Bertz CT molecular complexity index is 1020. The first-order valence-electron chi connectivity index (χ1n) is 9.63. The summed E-state index contributed by atoms with van der Waals surface area (Å²) < 4.78 is 19.2. The number of halogens is 1. The van der Waals surface area contributed by atoms with Crippen LogP contribution < -0.4 is 15.6 Å². The molecular weight excluding hydrogens is 385 g/mol. The summed E-state index contributed by atoms with van der Waals surface area (Å²) in [7, 11) is 0. The van der Waals surface area contributed by atoms with E-state index in [-0.39, 0.29) is 11.8 Å². The molecule has 0 radical (unpaired) electrons. The van der Waals surface area contributed by atoms with Crippen molar-refractivity contribution in [1.82, 2.24) is 15.0 Å². The second-order valence-corrected chi connectivity index (χ2v) is 6.76. The lowest BCUT2D eigenvalue weighted by Crippen LogP contribution is -2.37. The molecule has 30 heavy (non-hydrogen) atoms. The van der Waals surface area contributed by atoms with Crippen LogP contribution in [-0.2, 0) is 4.74 Å². The molecule has 0 amide bonds. The van der Waals surface area contributed by atoms with E-state index in [4.69, 9.17) is 4.74 Å². The molecule has 1 fully saturated rings. The van der Waals surface area contributed by atoms with Crippen LogP contribution in [0.5, 0.6) is 0 Å². The summed E-state index contributed by atoms with van der Waals surface area (Å²) in [6.45, 7) is 4.62. The molecule has 9 heteroatoms. The third-order valence-electron chi connectivity index (χ3n) is 4.50. The van der Waals surface area contributed by atoms with Gasteiger partial charge in [0.15, 0.2) is 0 Å². The van der Waals surface area contributed by atoms with Gasteiger partial charge in [0.2, 0.25) is 17.8 Å². The molecular formula is C21H22FN7O. The second-order valence-electron chi connectivity index (χ2n) is 6.76. The van der Waals surface area contributed by atoms with E-state index in [0.717, 1.165) is 11.3 Å². The van der Waals surface area contributed by atoms with Crippen LogP contribution in [0.3, 0.4) is 0 Å². The van der Waals surface area contributed by atoms with Crippen molar-refractivity contribution in [2.24, 2.45) is 5.10 Å². The van der Waals surface area contributed by atoms with Gasteiger partial charge in [0.05, 0.1) is 19.4 Å². The maximum Gasteiger partial charge on any atom is 0.250 e. The molecule has 1 aromatic heterocycles. The highest BCUT2D eigenvalue weighted by Gasteiger charge is 2.16. The van der Waals surface area contributed by atoms with Gasteiger partial charge in [0, 0.05) is 24.3 Å². The largest absolute Gasteiger partial charge is 0.378 e. The van der Waals surface area contributed by atoms with Gasteiger partial charge in [-0.3, -0.25) is 0 Å². The van der Waals surface area contributed by atoms with E-state index in [2.05, 4.69) is 30.8 Å². The quantitative estimate of drug-likeness (QED) is 0.479. The zero-order chi connectivity index (χ0) is 20.8. The van der Waals surface area contributed by atoms with E-state index >= 15 is 0 Å². The maximum absolute atomic E-state index is 13.8. The van der Waals surface area contributed by atoms with Gasteiger partial charge in [0.1, 0.15) is 5.82 Å². The van der Waals surface area contributed by atoms with Gasteiger partial charge in [-0.1, -0.05) is 35.9 Å². The summed E-state index contributed by atoms with van der Waals surface area (Å²) >= 11 is 0. The standard InChI is InChI=1S/C21H22FN7O/c1-15-6-8-17(9-7-15)24-19-25-20(27-21(26-19)29-10-12-30-13-11-29)28-23-14-16-4-2-3-5-18(16)22/h2-9,14H,10-13H2,1H3,(H2,24,25,26,27,28). The van der Waals surface area contributed by atoms with Crippen LogP contribution in [0, 0.1) is 12.7 Å². The predicted octanol–water partition coefficient (Wildman–Crippen LogP) is 3.35. The number of benzene rings is 2. The molecule has 0 bridgehead atoms. The molecule has 4 rings (SSSR count). The lowest BCUT2D eigenvalue weighted by Gasteiger charge is -2.27. The molecule has 0 aliphatic carbocycles. The molecule has 0 atom stereocenters. The third kappa shape index (κ3) is 5.06. The van der Waals surface area contributed by atoms with Crippen LogP contribution in [0.25, 0.3) is 0 Å². The lowest BCUT2D eigenvalue weighted by atomic mass is 10.2. The van der Waals surface area contributed by atoms with Gasteiger partial charge < -0.3 is 15.0 Å². The Morgan fingerprint density at radius 2 is 1.73 bits per heavy atom. The molecule has 2 aromatic carbocycles. The Kier molecular flexibility index (Phi) is 6.09. The molecule has 0 spiro atoms. The van der Waals surface area contributed by atoms with E-state index in [1.807, 2.05) is 36.1 Å². The fourth-order valence-electron chi connectivity index (χ4n) is 2.88. The summed E-state index contributed by atoms with van der Waals surface area (Å²) in [5, 5.41) is 7.28. The monoisotopic (exact) mass is 407 g/mol. The van der Waals surface area contributed by atoms with Crippen molar-refractivity contribution >= 4 is 29.7 Å². The van der Waals surface area contributed by atoms with Gasteiger partial charge >= 0.3 is 0 Å². The van der Waals surface area contributed by atoms with E-state index in [1.54, 1.807) is 18.2 Å². The predicted molar refractivity (Wildman–Crippen MR) is 115 cm³/mol. The molecule has 2 heterocycles. The van der Waals surface area contributed by atoms with Crippen molar-refractivity contribution in [3.8, 4) is 0 Å². The van der Waals surface area contributed by atoms with Crippen LogP contribution in [0.4, 0.5) is 27.9 Å². The molecule has 8 nitrogen and oxygen atoms in total. The van der Waals surface area contributed by atoms with Crippen LogP contribution in [0.15, 0.2) is 53.6 Å². The highest BCUT2D eigenvalue weighted by Crippen LogP contribution is 2.19. The van der Waals surface area contributed by atoms with Gasteiger partial charge in [0.25, 0.3) is 0 Å². The highest BCUT2D eigenvalue weighted by molar-refractivity contribution is 5.80. The third-order valence-corrected chi connectivity index (χ3v) is 4.50. The first kappa shape index (κ1) is 19.7. The number of rotatable bonds is 6. The first-order valence-corrected chi connectivity index (χ1v) is 9.63. The van der Waals surface area contributed by atoms with Crippen LogP contribution in [-0.4, -0.2) is 47.5 Å². The van der Waals surface area contributed by atoms with E-state index in [0.29, 0.717) is 43.8 Å². The van der Waals surface area contributed by atoms with Crippen molar-refractivity contribution in [3.63, 3.8) is 0 Å². The van der Waals surface area contributed by atoms with Crippen molar-refractivity contribution in [2.75, 3.05) is 41.9 Å². The fourth-order valence-corrected chi connectivity index (χ4v) is 2.88. The minimum absolute atomic E-state index is 0.258. The molecule has 0 saturated carbocycles. The van der Waals surface area contributed by atoms with Crippen molar-refractivity contribution < 1.29 is 9.13 Å². The molecule has 3 aromatic rings. The van der Waals surface area contributed by atoms with Crippen molar-refractivity contribution in [2.45, 2.75) is 6.92 Å². The Hall–Kier alpha value is -3.59. The molecule has 2 N–H and O–H groups in total. The smallest absolute Gasteiger partial charge is 0.250 e. The summed E-state index contributed by atoms with van der Waals surface area (Å²) in [5.41, 5.74) is 5.17. The van der Waals surface area contributed by atoms with Gasteiger partial charge in [-0.25, -0.2) is 9.82 Å². The molecule has 1 aliphatic heterocycles. The van der Waals surface area contributed by atoms with Gasteiger partial charge in [-0.05, 0) is 25.1 Å². The topological polar surface area (TPSA) is 87.6 Å². The second kappa shape index (κ2) is 9.27. The number of anilines is 4. The summed E-state index contributed by atoms with van der Waals surface area (Å²) in [6, 6.07) is 14.3. The van der Waals surface area contributed by atoms with E-state index in [1.165, 1.54) is 12.3 Å². The number of ether oxygens (including phenoxy) is 1. The SMILES string of the molecule is Cc1ccc(Nc2nc(NN=Cc3ccccc3F)nc(N3CCOCC3)n2)cc1. The molecule has 0 unspecified atom stereocenters. The van der Waals surface area contributed by atoms with Gasteiger partial charge in [-0.15, -0.1) is 0 Å². The number of aryl methyl sites for hydroxylation is 1. The maximum atomic E-state index is 13.8. The van der Waals surface area contributed by atoms with Crippen molar-refractivity contribution in [1.29, 1.82) is 0 Å². The molecule has 1 aliphatic rings. The minimum atomic E-state index is -0.352. The van der Waals surface area contributed by atoms with Crippen LogP contribution in [0.2, 0.25) is 0 Å². The zero-order valence-corrected chi connectivity index (χ0v) is 16.5. The number of morpholine rings is 1. The Balaban J connectivity index is 1.57. The van der Waals surface area contributed by atoms with Crippen molar-refractivity contribution in [3.05, 3.63) is 65.5 Å². The van der Waals surface area contributed by atoms with E-state index in [9.17, 15) is 4.39 Å². The first-order chi connectivity index (χ1) is 14.7. The number of hydrogen-bond acceptors (Lipinski definition) is 8. The fraction of sp³-hybridized carbons (Fsp3) is 0.238. The summed E-state index contributed by atoms with van der Waals surface area (Å²) in [6.07, 6.45) is 1.39. The molecule has 154 valence electrons. The zero-order valence-electron chi connectivity index (χ0n) is 16.5. The number of nitrogens with zero attached hydrogens (tertiary/aromatic N) is 5. The minimum Gasteiger partial charge on any atom is -0.378 e. The normalized spacial score (nSPS) is 14.1. The summed E-state index contributed by atoms with van der Waals surface area (Å²) in [5.74, 6) is 0.813. The Morgan fingerprint density at radius 3 is 2.50 bits per heavy atom. The number of hydrogen-bond donors (Lipinski definition) is 2. The average molecular weight is 407 g/mol. The number of aromatic nitrogens is 3. The van der Waals surface area contributed by atoms with Gasteiger partial charge in [-0.2, -0.15) is 20.1 Å². The summed E-state index contributed by atoms with van der Waals surface area (Å²) in [4.78, 5) is 15.4. The van der Waals surface area contributed by atoms with Crippen LogP contribution in [0.1, 0.15) is 11.1 Å². The molecule has 1 saturated heterocycles. The Morgan fingerprint density at radius 1 is 1.00 bits per heavy atom.